The number of quaternary nitrogens is 1. The fraction of sp³-hybridized carbons (Fsp3) is 0.280. The third-order valence-electron chi connectivity index (χ3n) is 5.20. The largest absolute Gasteiger partial charge is 0.491 e. The van der Waals surface area contributed by atoms with E-state index < -0.39 is 0 Å². The highest BCUT2D eigenvalue weighted by atomic mass is 79.9. The lowest BCUT2D eigenvalue weighted by Gasteiger charge is -2.16. The standard InChI is InChI=1S/C25H27Br2N3O3/c26-21-16-20(10-14-30-12-5-2-6-13-30)17-22(27)24(21)33-15-7-11-28-25(31)23(29-32)18-19-8-3-1-4-9-19/h1-6,8-9,12,16-17,32H,7,10-11,13-15,18H2,(H,28,31)/p+1. The molecule has 3 rings (SSSR count). The SMILES string of the molecule is O=C(NCCCOc1c(Br)cc(CC[NH+]2C=CC=CC2)cc1Br)C(Cc1ccccc1)=NO. The third kappa shape index (κ3) is 8.14. The van der Waals surface area contributed by atoms with Crippen LogP contribution in [-0.4, -0.2) is 43.1 Å². The highest BCUT2D eigenvalue weighted by molar-refractivity contribution is 9.11. The van der Waals surface area contributed by atoms with Gasteiger partial charge in [0.25, 0.3) is 5.91 Å². The normalized spacial score (nSPS) is 15.5. The molecule has 0 saturated heterocycles. The molecule has 174 valence electrons. The second kappa shape index (κ2) is 13.3. The van der Waals surface area contributed by atoms with Crippen LogP contribution in [0.25, 0.3) is 0 Å². The van der Waals surface area contributed by atoms with Crippen LogP contribution in [0.15, 0.2) is 81.0 Å². The molecule has 1 heterocycles. The number of oxime groups is 1. The molecule has 0 aromatic heterocycles. The number of allylic oxidation sites excluding steroid dienone is 2. The van der Waals surface area contributed by atoms with E-state index in [4.69, 9.17) is 4.74 Å². The summed E-state index contributed by atoms with van der Waals surface area (Å²) in [6.07, 6.45) is 10.4. The molecule has 0 radical (unpaired) electrons. The second-order valence-electron chi connectivity index (χ2n) is 7.71. The molecule has 33 heavy (non-hydrogen) atoms. The first-order valence-corrected chi connectivity index (χ1v) is 12.5. The van der Waals surface area contributed by atoms with Crippen LogP contribution in [0.3, 0.4) is 0 Å². The molecule has 1 atom stereocenters. The van der Waals surface area contributed by atoms with Gasteiger partial charge in [-0.05, 0) is 73.7 Å². The highest BCUT2D eigenvalue weighted by Gasteiger charge is 2.14. The number of nitrogens with one attached hydrogen (secondary N) is 2. The Bertz CT molecular complexity index is 1000. The van der Waals surface area contributed by atoms with E-state index >= 15 is 0 Å². The van der Waals surface area contributed by atoms with E-state index in [1.807, 2.05) is 30.3 Å². The van der Waals surface area contributed by atoms with Gasteiger partial charge >= 0.3 is 0 Å². The van der Waals surface area contributed by atoms with E-state index in [0.29, 0.717) is 19.6 Å². The van der Waals surface area contributed by atoms with Crippen LogP contribution in [-0.2, 0) is 17.6 Å². The lowest BCUT2D eigenvalue weighted by molar-refractivity contribution is -0.840. The number of ether oxygens (including phenoxy) is 1. The van der Waals surface area contributed by atoms with Crippen molar-refractivity contribution in [1.82, 2.24) is 5.32 Å². The van der Waals surface area contributed by atoms with Crippen LogP contribution in [0, 0.1) is 0 Å². The number of nitrogens with zero attached hydrogens (tertiary/aromatic N) is 1. The summed E-state index contributed by atoms with van der Waals surface area (Å²) >= 11 is 7.23. The molecular formula is C25H28Br2N3O3+. The van der Waals surface area contributed by atoms with E-state index in [-0.39, 0.29) is 18.0 Å². The Balaban J connectivity index is 1.41. The minimum absolute atomic E-state index is 0.0844. The molecule has 0 fully saturated rings. The molecular weight excluding hydrogens is 550 g/mol. The summed E-state index contributed by atoms with van der Waals surface area (Å²) in [5, 5.41) is 15.1. The maximum atomic E-state index is 12.3. The Morgan fingerprint density at radius 1 is 1.12 bits per heavy atom. The summed E-state index contributed by atoms with van der Waals surface area (Å²) in [6, 6.07) is 13.6. The topological polar surface area (TPSA) is 75.4 Å². The van der Waals surface area contributed by atoms with Crippen molar-refractivity contribution in [2.45, 2.75) is 19.3 Å². The van der Waals surface area contributed by atoms with Crippen LogP contribution < -0.4 is 15.0 Å². The van der Waals surface area contributed by atoms with Gasteiger partial charge in [-0.2, -0.15) is 0 Å². The Labute approximate surface area is 211 Å². The zero-order valence-electron chi connectivity index (χ0n) is 18.3. The third-order valence-corrected chi connectivity index (χ3v) is 6.38. The van der Waals surface area contributed by atoms with Gasteiger partial charge in [-0.15, -0.1) is 0 Å². The van der Waals surface area contributed by atoms with E-state index in [9.17, 15) is 10.0 Å². The summed E-state index contributed by atoms with van der Waals surface area (Å²) in [5.41, 5.74) is 2.23. The van der Waals surface area contributed by atoms with Gasteiger partial charge in [0.05, 0.1) is 28.3 Å². The molecule has 0 bridgehead atoms. The molecule has 2 aromatic rings. The summed E-state index contributed by atoms with van der Waals surface area (Å²) in [5.74, 6) is 0.370. The van der Waals surface area contributed by atoms with Crippen molar-refractivity contribution in [3.63, 3.8) is 0 Å². The molecule has 1 unspecified atom stereocenters. The molecule has 1 amide bonds. The smallest absolute Gasteiger partial charge is 0.269 e. The van der Waals surface area contributed by atoms with Crippen molar-refractivity contribution in [2.75, 3.05) is 26.2 Å². The minimum atomic E-state index is -0.380. The van der Waals surface area contributed by atoms with Crippen LogP contribution in [0.1, 0.15) is 17.5 Å². The van der Waals surface area contributed by atoms with Gasteiger partial charge in [-0.1, -0.05) is 41.6 Å². The first-order valence-electron chi connectivity index (χ1n) is 10.9. The van der Waals surface area contributed by atoms with Gasteiger partial charge < -0.3 is 20.2 Å². The Morgan fingerprint density at radius 2 is 1.88 bits per heavy atom. The average molecular weight is 578 g/mol. The van der Waals surface area contributed by atoms with Gasteiger partial charge in [0.1, 0.15) is 18.0 Å². The van der Waals surface area contributed by atoms with Gasteiger partial charge in [0.2, 0.25) is 0 Å². The molecule has 0 spiro atoms. The van der Waals surface area contributed by atoms with Crippen LogP contribution in [0.5, 0.6) is 5.75 Å². The summed E-state index contributed by atoms with van der Waals surface area (Å²) in [6.45, 7) is 2.91. The second-order valence-corrected chi connectivity index (χ2v) is 9.41. The predicted octanol–water partition coefficient (Wildman–Crippen LogP) is 3.68. The van der Waals surface area contributed by atoms with Crippen molar-refractivity contribution >= 4 is 43.5 Å². The van der Waals surface area contributed by atoms with Crippen molar-refractivity contribution in [2.24, 2.45) is 5.16 Å². The summed E-state index contributed by atoms with van der Waals surface area (Å²) in [4.78, 5) is 13.7. The summed E-state index contributed by atoms with van der Waals surface area (Å²) < 4.78 is 7.73. The average Bonchev–Trinajstić information content (AvgIpc) is 2.83. The number of amides is 1. The summed E-state index contributed by atoms with van der Waals surface area (Å²) in [7, 11) is 0. The number of hydrogen-bond acceptors (Lipinski definition) is 4. The molecule has 2 aromatic carbocycles. The van der Waals surface area contributed by atoms with Crippen LogP contribution in [0.2, 0.25) is 0 Å². The predicted molar refractivity (Wildman–Crippen MR) is 137 cm³/mol. The molecule has 8 heteroatoms. The number of benzene rings is 2. The number of rotatable bonds is 11. The Hall–Kier alpha value is -2.42. The van der Waals surface area contributed by atoms with Crippen molar-refractivity contribution < 1.29 is 19.6 Å². The first-order chi connectivity index (χ1) is 16.1. The molecule has 0 saturated carbocycles. The van der Waals surface area contributed by atoms with Gasteiger partial charge in [-0.3, -0.25) is 4.79 Å². The van der Waals surface area contributed by atoms with E-state index in [0.717, 1.165) is 39.8 Å². The minimum Gasteiger partial charge on any atom is -0.491 e. The monoisotopic (exact) mass is 576 g/mol. The zero-order chi connectivity index (χ0) is 23.5. The van der Waals surface area contributed by atoms with Gasteiger partial charge in [0, 0.05) is 19.4 Å². The van der Waals surface area contributed by atoms with E-state index in [2.05, 4.69) is 78.9 Å². The van der Waals surface area contributed by atoms with Crippen molar-refractivity contribution in [1.29, 1.82) is 0 Å². The van der Waals surface area contributed by atoms with Gasteiger partial charge in [0.15, 0.2) is 0 Å². The Kier molecular flexibility index (Phi) is 10.2. The number of halogens is 2. The van der Waals surface area contributed by atoms with Crippen molar-refractivity contribution in [3.8, 4) is 5.75 Å². The molecule has 3 N–H and O–H groups in total. The fourth-order valence-electron chi connectivity index (χ4n) is 3.44. The first kappa shape index (κ1) is 25.2. The fourth-order valence-corrected chi connectivity index (χ4v) is 4.95. The molecule has 0 aliphatic carbocycles. The number of hydrogen-bond donors (Lipinski definition) is 3. The Morgan fingerprint density at radius 3 is 2.55 bits per heavy atom. The van der Waals surface area contributed by atoms with Crippen LogP contribution >= 0.6 is 31.9 Å². The quantitative estimate of drug-likeness (QED) is 0.165. The molecule has 1 aliphatic rings. The van der Waals surface area contributed by atoms with Gasteiger partial charge in [-0.25, -0.2) is 0 Å². The van der Waals surface area contributed by atoms with E-state index in [1.54, 1.807) is 0 Å². The maximum absolute atomic E-state index is 12.3. The molecule has 1 aliphatic heterocycles. The molecule has 6 nitrogen and oxygen atoms in total. The number of carbonyl (C=O) groups excluding carboxylic acids is 1. The lowest BCUT2D eigenvalue weighted by Crippen LogP contribution is -3.07. The van der Waals surface area contributed by atoms with Crippen LogP contribution in [0.4, 0.5) is 0 Å². The maximum Gasteiger partial charge on any atom is 0.269 e. The van der Waals surface area contributed by atoms with E-state index in [1.165, 1.54) is 10.5 Å². The van der Waals surface area contributed by atoms with Crippen molar-refractivity contribution in [3.05, 3.63) is 87.0 Å². The number of carbonyl (C=O) groups is 1. The lowest BCUT2D eigenvalue weighted by atomic mass is 10.1. The highest BCUT2D eigenvalue weighted by Crippen LogP contribution is 2.35. The zero-order valence-corrected chi connectivity index (χ0v) is 21.4.